The van der Waals surface area contributed by atoms with Gasteiger partial charge in [-0.25, -0.2) is 14.7 Å². The normalized spacial score (nSPS) is 19.4. The van der Waals surface area contributed by atoms with Gasteiger partial charge in [0.25, 0.3) is 0 Å². The molecule has 2 unspecified atom stereocenters. The number of nitrogens with two attached hydrogens (primary N) is 1. The largest absolute Gasteiger partial charge is 0.493 e. The first kappa shape index (κ1) is 22.5. The van der Waals surface area contributed by atoms with Crippen LogP contribution in [0.25, 0.3) is 0 Å². The smallest absolute Gasteiger partial charge is 0.323 e. The van der Waals surface area contributed by atoms with Crippen LogP contribution in [0.2, 0.25) is 0 Å². The quantitative estimate of drug-likeness (QED) is 0.617. The summed E-state index contributed by atoms with van der Waals surface area (Å²) in [6.45, 7) is 6.61. The minimum Gasteiger partial charge on any atom is -0.493 e. The van der Waals surface area contributed by atoms with Gasteiger partial charge >= 0.3 is 12.0 Å². The molecule has 2 aliphatic rings. The van der Waals surface area contributed by atoms with E-state index in [1.807, 2.05) is 6.92 Å². The molecule has 0 spiro atoms. The van der Waals surface area contributed by atoms with Gasteiger partial charge in [0.15, 0.2) is 5.75 Å². The lowest BCUT2D eigenvalue weighted by Crippen LogP contribution is -2.43. The number of thioether (sulfide) groups is 1. The molecule has 10 heteroatoms. The third kappa shape index (κ3) is 4.59. The molecule has 3 heterocycles. The predicted molar refractivity (Wildman–Crippen MR) is 115 cm³/mol. The Bertz CT molecular complexity index is 772. The summed E-state index contributed by atoms with van der Waals surface area (Å²) in [6.07, 6.45) is 4.97. The molecule has 30 heavy (non-hydrogen) atoms. The van der Waals surface area contributed by atoms with Crippen molar-refractivity contribution in [3.63, 3.8) is 0 Å². The van der Waals surface area contributed by atoms with Crippen molar-refractivity contribution in [2.45, 2.75) is 50.0 Å². The molecule has 0 aromatic carbocycles. The predicted octanol–water partition coefficient (Wildman–Crippen LogP) is 2.96. The highest BCUT2D eigenvalue weighted by Gasteiger charge is 2.42. The van der Waals surface area contributed by atoms with Gasteiger partial charge in [-0.05, 0) is 12.8 Å². The molecule has 2 amide bonds. The fraction of sp³-hybridized carbons (Fsp3) is 0.650. The maximum Gasteiger partial charge on any atom is 0.323 e. The van der Waals surface area contributed by atoms with Crippen molar-refractivity contribution in [2.24, 2.45) is 11.7 Å². The van der Waals surface area contributed by atoms with Crippen LogP contribution in [0.5, 0.6) is 5.75 Å². The molecule has 1 fully saturated rings. The highest BCUT2D eigenvalue weighted by Crippen LogP contribution is 2.52. The second-order valence-electron chi connectivity index (χ2n) is 7.24. The second-order valence-corrected chi connectivity index (χ2v) is 8.29. The summed E-state index contributed by atoms with van der Waals surface area (Å²) >= 11 is 1.26. The Morgan fingerprint density at radius 2 is 2.10 bits per heavy atom. The number of aromatic nitrogens is 1. The van der Waals surface area contributed by atoms with Crippen LogP contribution < -0.4 is 20.3 Å². The number of hydrogen-bond donors (Lipinski definition) is 1. The van der Waals surface area contributed by atoms with E-state index < -0.39 is 11.6 Å². The van der Waals surface area contributed by atoms with Crippen LogP contribution in [0, 0.1) is 5.92 Å². The van der Waals surface area contributed by atoms with Crippen LogP contribution in [0.4, 0.5) is 16.3 Å². The molecule has 9 nitrogen and oxygen atoms in total. The first-order chi connectivity index (χ1) is 14.5. The number of urea groups is 1. The summed E-state index contributed by atoms with van der Waals surface area (Å²) in [5.74, 6) is 0.594. The van der Waals surface area contributed by atoms with Gasteiger partial charge in [0.05, 0.1) is 37.3 Å². The van der Waals surface area contributed by atoms with E-state index in [1.165, 1.54) is 23.8 Å². The number of carbonyl (C=O) groups is 2. The second kappa shape index (κ2) is 10.2. The lowest BCUT2D eigenvalue weighted by molar-refractivity contribution is -0.150. The summed E-state index contributed by atoms with van der Waals surface area (Å²) in [4.78, 5) is 33.8. The number of morpholine rings is 1. The molecule has 0 aliphatic carbocycles. The Morgan fingerprint density at radius 3 is 2.70 bits per heavy atom. The SMILES string of the molecule is CCCCC(CC)C(=O)OC1Sc2c(N3CCOCC3)ncc(OC)c2N1C(N)=O. The highest BCUT2D eigenvalue weighted by atomic mass is 32.2. The van der Waals surface area contributed by atoms with Gasteiger partial charge in [-0.2, -0.15) is 0 Å². The summed E-state index contributed by atoms with van der Waals surface area (Å²) < 4.78 is 16.7. The van der Waals surface area contributed by atoms with Crippen molar-refractivity contribution < 1.29 is 23.8 Å². The van der Waals surface area contributed by atoms with E-state index >= 15 is 0 Å². The molecule has 1 saturated heterocycles. The van der Waals surface area contributed by atoms with Crippen molar-refractivity contribution >= 4 is 35.3 Å². The van der Waals surface area contributed by atoms with Crippen LogP contribution in [-0.2, 0) is 14.3 Å². The van der Waals surface area contributed by atoms with E-state index in [0.717, 1.165) is 24.2 Å². The zero-order valence-electron chi connectivity index (χ0n) is 17.8. The molecule has 0 radical (unpaired) electrons. The van der Waals surface area contributed by atoms with Crippen molar-refractivity contribution in [2.75, 3.05) is 43.2 Å². The number of nitrogens with zero attached hydrogens (tertiary/aromatic N) is 3. The molecule has 1 aromatic heterocycles. The zero-order chi connectivity index (χ0) is 21.7. The van der Waals surface area contributed by atoms with Gasteiger partial charge in [0.1, 0.15) is 11.5 Å². The first-order valence-electron chi connectivity index (χ1n) is 10.4. The highest BCUT2D eigenvalue weighted by molar-refractivity contribution is 8.00. The number of primary amides is 1. The summed E-state index contributed by atoms with van der Waals surface area (Å²) in [5, 5.41) is 0. The summed E-state index contributed by atoms with van der Waals surface area (Å²) in [7, 11) is 1.51. The molecule has 2 atom stereocenters. The minimum absolute atomic E-state index is 0.206. The molecule has 2 aliphatic heterocycles. The molecule has 166 valence electrons. The number of anilines is 2. The molecule has 0 bridgehead atoms. The van der Waals surface area contributed by atoms with Crippen LogP contribution in [0.3, 0.4) is 0 Å². The number of hydrogen-bond acceptors (Lipinski definition) is 8. The maximum atomic E-state index is 12.8. The molecule has 2 N–H and O–H groups in total. The fourth-order valence-corrected chi connectivity index (χ4v) is 4.89. The van der Waals surface area contributed by atoms with Gasteiger partial charge in [-0.3, -0.25) is 4.79 Å². The monoisotopic (exact) mass is 438 g/mol. The zero-order valence-corrected chi connectivity index (χ0v) is 18.6. The number of esters is 1. The van der Waals surface area contributed by atoms with Crippen LogP contribution in [0.1, 0.15) is 39.5 Å². The van der Waals surface area contributed by atoms with Crippen molar-refractivity contribution in [1.82, 2.24) is 4.98 Å². The molecule has 0 saturated carbocycles. The summed E-state index contributed by atoms with van der Waals surface area (Å²) in [6, 6.07) is -0.710. The third-order valence-electron chi connectivity index (χ3n) is 5.34. The van der Waals surface area contributed by atoms with E-state index in [0.29, 0.717) is 50.0 Å². The number of carbonyl (C=O) groups excluding carboxylic acids is 2. The molecule has 3 rings (SSSR count). The van der Waals surface area contributed by atoms with Crippen LogP contribution >= 0.6 is 11.8 Å². The van der Waals surface area contributed by atoms with Gasteiger partial charge in [0.2, 0.25) is 5.56 Å². The van der Waals surface area contributed by atoms with Gasteiger partial charge in [-0.15, -0.1) is 0 Å². The third-order valence-corrected chi connectivity index (χ3v) is 6.46. The van der Waals surface area contributed by atoms with E-state index in [-0.39, 0.29) is 11.9 Å². The minimum atomic E-state index is -0.890. The number of amides is 2. The average Bonchev–Trinajstić information content (AvgIpc) is 3.13. The number of ether oxygens (including phenoxy) is 3. The van der Waals surface area contributed by atoms with E-state index in [9.17, 15) is 9.59 Å². The average molecular weight is 439 g/mol. The Labute approximate surface area is 181 Å². The number of rotatable bonds is 8. The Morgan fingerprint density at radius 1 is 1.37 bits per heavy atom. The number of pyridine rings is 1. The van der Waals surface area contributed by atoms with Gasteiger partial charge in [-0.1, -0.05) is 38.5 Å². The van der Waals surface area contributed by atoms with E-state index in [2.05, 4.69) is 16.8 Å². The fourth-order valence-electron chi connectivity index (χ4n) is 3.63. The molecular formula is C20H30N4O5S. The standard InChI is InChI=1S/C20H30N4O5S/c1-4-6-7-13(5-2)18(25)29-20-24(19(21)26)15-14(27-3)12-22-17(16(15)30-20)23-8-10-28-11-9-23/h12-13,20H,4-11H2,1-3H3,(H2,21,26). The summed E-state index contributed by atoms with van der Waals surface area (Å²) in [5.41, 5.74) is 5.29. The van der Waals surface area contributed by atoms with Crippen molar-refractivity contribution in [3.05, 3.63) is 6.20 Å². The molecule has 1 aromatic rings. The van der Waals surface area contributed by atoms with E-state index in [1.54, 1.807) is 6.20 Å². The number of unbranched alkanes of at least 4 members (excludes halogenated alkanes) is 1. The van der Waals surface area contributed by atoms with Crippen molar-refractivity contribution in [1.29, 1.82) is 0 Å². The van der Waals surface area contributed by atoms with Crippen LogP contribution in [0.15, 0.2) is 11.1 Å². The Hall–Kier alpha value is -2.20. The Balaban J connectivity index is 1.91. The van der Waals surface area contributed by atoms with Gasteiger partial charge in [0, 0.05) is 13.1 Å². The Kier molecular flexibility index (Phi) is 7.65. The lowest BCUT2D eigenvalue weighted by atomic mass is 10.00. The maximum absolute atomic E-state index is 12.8. The molecular weight excluding hydrogens is 408 g/mol. The van der Waals surface area contributed by atoms with Crippen LogP contribution in [-0.4, -0.2) is 56.0 Å². The van der Waals surface area contributed by atoms with E-state index in [4.69, 9.17) is 19.9 Å². The van der Waals surface area contributed by atoms with Gasteiger partial charge < -0.3 is 24.8 Å². The number of fused-ring (bicyclic) bond motifs is 1. The topological polar surface area (TPSA) is 107 Å². The number of methoxy groups -OCH3 is 1. The van der Waals surface area contributed by atoms with Crippen molar-refractivity contribution in [3.8, 4) is 5.75 Å². The lowest BCUT2D eigenvalue weighted by Gasteiger charge is -2.29. The first-order valence-corrected chi connectivity index (χ1v) is 11.2.